The van der Waals surface area contributed by atoms with Crippen LogP contribution in [0.2, 0.25) is 0 Å². The molecule has 0 aromatic heterocycles. The highest BCUT2D eigenvalue weighted by molar-refractivity contribution is 6.03. The Labute approximate surface area is 62.4 Å². The SMILES string of the molecule is CC(=O)N[C@@H](C(N)=O)C(=O)O. The van der Waals surface area contributed by atoms with E-state index in [1.165, 1.54) is 0 Å². The molecule has 0 unspecified atom stereocenters. The average molecular weight is 160 g/mol. The molecule has 0 spiro atoms. The number of hydrogen-bond acceptors (Lipinski definition) is 3. The van der Waals surface area contributed by atoms with E-state index in [0.29, 0.717) is 0 Å². The molecule has 0 bridgehead atoms. The molecule has 0 aliphatic carbocycles. The Kier molecular flexibility index (Phi) is 3.03. The third-order valence-electron chi connectivity index (χ3n) is 0.879. The molecule has 0 aromatic rings. The van der Waals surface area contributed by atoms with Crippen LogP contribution in [0.25, 0.3) is 0 Å². The highest BCUT2D eigenvalue weighted by Crippen LogP contribution is 1.81. The summed E-state index contributed by atoms with van der Waals surface area (Å²) >= 11 is 0. The minimum absolute atomic E-state index is 0.615. The Bertz CT molecular complexity index is 187. The van der Waals surface area contributed by atoms with Gasteiger partial charge in [0.2, 0.25) is 11.9 Å². The summed E-state index contributed by atoms with van der Waals surface area (Å²) in [5.74, 6) is -3.17. The molecule has 11 heavy (non-hydrogen) atoms. The van der Waals surface area contributed by atoms with Crippen molar-refractivity contribution >= 4 is 17.8 Å². The molecule has 0 saturated heterocycles. The number of carbonyl (C=O) groups excluding carboxylic acids is 2. The van der Waals surface area contributed by atoms with E-state index in [4.69, 9.17) is 5.11 Å². The van der Waals surface area contributed by atoms with Gasteiger partial charge in [0.15, 0.2) is 0 Å². The van der Waals surface area contributed by atoms with E-state index in [1.54, 1.807) is 0 Å². The number of carboxylic acids is 1. The summed E-state index contributed by atoms with van der Waals surface area (Å²) in [6, 6.07) is -1.63. The first-order valence-electron chi connectivity index (χ1n) is 2.74. The summed E-state index contributed by atoms with van der Waals surface area (Å²) in [4.78, 5) is 30.7. The second-order valence-electron chi connectivity index (χ2n) is 1.87. The lowest BCUT2D eigenvalue weighted by Gasteiger charge is -2.07. The van der Waals surface area contributed by atoms with Crippen molar-refractivity contribution in [3.63, 3.8) is 0 Å². The Morgan fingerprint density at radius 1 is 1.45 bits per heavy atom. The molecule has 0 fully saturated rings. The zero-order chi connectivity index (χ0) is 9.02. The summed E-state index contributed by atoms with van der Waals surface area (Å²) in [6.07, 6.45) is 0. The zero-order valence-corrected chi connectivity index (χ0v) is 5.83. The Balaban J connectivity index is 4.23. The predicted molar refractivity (Wildman–Crippen MR) is 34.4 cm³/mol. The molecule has 62 valence electrons. The van der Waals surface area contributed by atoms with Gasteiger partial charge in [-0.2, -0.15) is 0 Å². The topological polar surface area (TPSA) is 109 Å². The summed E-state index contributed by atoms with van der Waals surface area (Å²) in [5.41, 5.74) is 4.65. The quantitative estimate of drug-likeness (QED) is 0.417. The maximum atomic E-state index is 10.3. The third-order valence-corrected chi connectivity index (χ3v) is 0.879. The van der Waals surface area contributed by atoms with Crippen LogP contribution in [0.3, 0.4) is 0 Å². The molecule has 2 amide bonds. The number of carboxylic acid groups (broad SMARTS) is 1. The standard InChI is InChI=1S/C5H8N2O4/c1-2(8)7-3(4(6)9)5(10)11/h3H,1H3,(H2,6,9)(H,7,8)(H,10,11)/t3-/m0/s1. The first-order chi connectivity index (χ1) is 4.95. The summed E-state index contributed by atoms with van der Waals surface area (Å²) < 4.78 is 0. The van der Waals surface area contributed by atoms with Crippen molar-refractivity contribution in [1.29, 1.82) is 0 Å². The minimum Gasteiger partial charge on any atom is -0.479 e. The second kappa shape index (κ2) is 3.55. The highest BCUT2D eigenvalue weighted by Gasteiger charge is 2.23. The molecular formula is C5H8N2O4. The van der Waals surface area contributed by atoms with Crippen molar-refractivity contribution in [2.24, 2.45) is 5.73 Å². The van der Waals surface area contributed by atoms with E-state index in [9.17, 15) is 14.4 Å². The number of nitrogens with two attached hydrogens (primary N) is 1. The first-order valence-corrected chi connectivity index (χ1v) is 2.74. The number of aliphatic carboxylic acids is 1. The second-order valence-corrected chi connectivity index (χ2v) is 1.87. The van der Waals surface area contributed by atoms with Gasteiger partial charge in [0.1, 0.15) is 0 Å². The van der Waals surface area contributed by atoms with Gasteiger partial charge in [-0.05, 0) is 0 Å². The van der Waals surface area contributed by atoms with E-state index in [0.717, 1.165) is 6.92 Å². The van der Waals surface area contributed by atoms with E-state index >= 15 is 0 Å². The van der Waals surface area contributed by atoms with Gasteiger partial charge in [0, 0.05) is 6.92 Å². The lowest BCUT2D eigenvalue weighted by atomic mass is 10.3. The first kappa shape index (κ1) is 9.41. The largest absolute Gasteiger partial charge is 0.479 e. The van der Waals surface area contributed by atoms with E-state index in [1.807, 2.05) is 5.32 Å². The van der Waals surface area contributed by atoms with Gasteiger partial charge in [0.05, 0.1) is 0 Å². The summed E-state index contributed by atoms with van der Waals surface area (Å²) in [6.45, 7) is 1.10. The van der Waals surface area contributed by atoms with Gasteiger partial charge >= 0.3 is 5.97 Å². The van der Waals surface area contributed by atoms with Crippen LogP contribution >= 0.6 is 0 Å². The molecule has 4 N–H and O–H groups in total. The van der Waals surface area contributed by atoms with Crippen LogP contribution in [0.1, 0.15) is 6.92 Å². The van der Waals surface area contributed by atoms with Crippen LogP contribution < -0.4 is 11.1 Å². The van der Waals surface area contributed by atoms with Gasteiger partial charge in [-0.25, -0.2) is 4.79 Å². The van der Waals surface area contributed by atoms with Gasteiger partial charge in [-0.15, -0.1) is 0 Å². The van der Waals surface area contributed by atoms with Crippen molar-refractivity contribution in [2.75, 3.05) is 0 Å². The van der Waals surface area contributed by atoms with Crippen molar-refractivity contribution < 1.29 is 19.5 Å². The number of primary amides is 1. The smallest absolute Gasteiger partial charge is 0.336 e. The van der Waals surface area contributed by atoms with Gasteiger partial charge in [0.25, 0.3) is 5.91 Å². The maximum Gasteiger partial charge on any atom is 0.336 e. The lowest BCUT2D eigenvalue weighted by Crippen LogP contribution is -2.48. The van der Waals surface area contributed by atoms with Crippen molar-refractivity contribution in [3.05, 3.63) is 0 Å². The molecular weight excluding hydrogens is 152 g/mol. The minimum atomic E-state index is -1.63. The fourth-order valence-corrected chi connectivity index (χ4v) is 0.458. The molecule has 0 aliphatic rings. The van der Waals surface area contributed by atoms with E-state index < -0.39 is 23.8 Å². The van der Waals surface area contributed by atoms with Crippen LogP contribution in [0.4, 0.5) is 0 Å². The fraction of sp³-hybridized carbons (Fsp3) is 0.400. The van der Waals surface area contributed by atoms with Gasteiger partial charge in [-0.3, -0.25) is 9.59 Å². The van der Waals surface area contributed by atoms with Crippen LogP contribution in [0.5, 0.6) is 0 Å². The molecule has 6 heteroatoms. The van der Waals surface area contributed by atoms with E-state index in [-0.39, 0.29) is 0 Å². The molecule has 0 aliphatic heterocycles. The number of rotatable bonds is 3. The zero-order valence-electron chi connectivity index (χ0n) is 5.83. The molecule has 0 rings (SSSR count). The number of hydrogen-bond donors (Lipinski definition) is 3. The summed E-state index contributed by atoms with van der Waals surface area (Å²) in [5, 5.41) is 10.1. The molecule has 6 nitrogen and oxygen atoms in total. The monoisotopic (exact) mass is 160 g/mol. The fourth-order valence-electron chi connectivity index (χ4n) is 0.458. The van der Waals surface area contributed by atoms with Crippen LogP contribution in [-0.4, -0.2) is 28.9 Å². The predicted octanol–water partition coefficient (Wildman–Crippen LogP) is -1.94. The van der Waals surface area contributed by atoms with Gasteiger partial charge < -0.3 is 16.2 Å². The average Bonchev–Trinajstić information content (AvgIpc) is 1.81. The third kappa shape index (κ3) is 3.19. The molecule has 0 saturated carbocycles. The van der Waals surface area contributed by atoms with Crippen LogP contribution in [-0.2, 0) is 14.4 Å². The lowest BCUT2D eigenvalue weighted by molar-refractivity contribution is -0.145. The highest BCUT2D eigenvalue weighted by atomic mass is 16.4. The number of amides is 2. The Morgan fingerprint density at radius 3 is 2.00 bits per heavy atom. The van der Waals surface area contributed by atoms with Gasteiger partial charge in [-0.1, -0.05) is 0 Å². The molecule has 1 atom stereocenters. The maximum absolute atomic E-state index is 10.3. The van der Waals surface area contributed by atoms with Crippen molar-refractivity contribution in [2.45, 2.75) is 13.0 Å². The number of nitrogens with one attached hydrogen (secondary N) is 1. The normalized spacial score (nSPS) is 11.7. The van der Waals surface area contributed by atoms with Crippen molar-refractivity contribution in [1.82, 2.24) is 5.32 Å². The van der Waals surface area contributed by atoms with Crippen LogP contribution in [0, 0.1) is 0 Å². The van der Waals surface area contributed by atoms with E-state index in [2.05, 4.69) is 5.73 Å². The number of carbonyl (C=O) groups is 3. The molecule has 0 radical (unpaired) electrons. The molecule has 0 aromatic carbocycles. The summed E-state index contributed by atoms with van der Waals surface area (Å²) in [7, 11) is 0. The Morgan fingerprint density at radius 2 is 1.91 bits per heavy atom. The van der Waals surface area contributed by atoms with Crippen molar-refractivity contribution in [3.8, 4) is 0 Å². The molecule has 0 heterocycles. The van der Waals surface area contributed by atoms with Crippen LogP contribution in [0.15, 0.2) is 0 Å². The Hall–Kier alpha value is -1.59.